The zero-order chi connectivity index (χ0) is 29.8. The Morgan fingerprint density at radius 2 is 1.49 bits per heavy atom. The molecule has 41 heavy (non-hydrogen) atoms. The molecule has 1 fully saturated rings. The molecule has 0 aliphatic carbocycles. The molecule has 0 radical (unpaired) electrons. The number of esters is 2. The van der Waals surface area contributed by atoms with Crippen molar-refractivity contribution in [2.24, 2.45) is 0 Å². The van der Waals surface area contributed by atoms with Gasteiger partial charge < -0.3 is 18.9 Å². The third-order valence-electron chi connectivity index (χ3n) is 6.30. The number of nitrogens with zero attached hydrogens (tertiary/aromatic N) is 1. The molecule has 0 spiro atoms. The molecule has 10 nitrogen and oxygen atoms in total. The Kier molecular flexibility index (Phi) is 11.3. The third-order valence-corrected chi connectivity index (χ3v) is 6.30. The predicted molar refractivity (Wildman–Crippen MR) is 150 cm³/mol. The van der Waals surface area contributed by atoms with Crippen molar-refractivity contribution in [3.63, 3.8) is 0 Å². The minimum Gasteiger partial charge on any atom is -0.464 e. The number of ether oxygens (including phenoxy) is 4. The molecule has 0 saturated carbocycles. The van der Waals surface area contributed by atoms with Gasteiger partial charge in [-0.2, -0.15) is 0 Å². The monoisotopic (exact) mass is 566 g/mol. The van der Waals surface area contributed by atoms with Gasteiger partial charge in [-0.3, -0.25) is 10.2 Å². The lowest BCUT2D eigenvalue weighted by atomic mass is 10.1. The van der Waals surface area contributed by atoms with Crippen LogP contribution < -0.4 is 5.32 Å². The van der Waals surface area contributed by atoms with Gasteiger partial charge in [0.05, 0.1) is 7.11 Å². The topological polar surface area (TPSA) is 120 Å². The number of rotatable bonds is 10. The van der Waals surface area contributed by atoms with Crippen molar-refractivity contribution in [3.8, 4) is 0 Å². The summed E-state index contributed by atoms with van der Waals surface area (Å²) in [7, 11) is 1.21. The van der Waals surface area contributed by atoms with Crippen molar-refractivity contribution in [1.29, 1.82) is 0 Å². The van der Waals surface area contributed by atoms with E-state index < -0.39 is 35.8 Å². The van der Waals surface area contributed by atoms with E-state index in [4.69, 9.17) is 18.9 Å². The number of likely N-dealkylation sites (tertiary alicyclic amines) is 1. The smallest absolute Gasteiger partial charge is 0.412 e. The van der Waals surface area contributed by atoms with E-state index in [0.717, 1.165) is 11.1 Å². The van der Waals surface area contributed by atoms with Gasteiger partial charge in [-0.15, -0.1) is 0 Å². The fraction of sp³-hybridized carbons (Fsp3) is 0.419. The summed E-state index contributed by atoms with van der Waals surface area (Å²) < 4.78 is 21.2. The largest absolute Gasteiger partial charge is 0.464 e. The number of alkyl carbamates (subject to hydrolysis) is 1. The van der Waals surface area contributed by atoms with Crippen LogP contribution in [0.2, 0.25) is 0 Å². The Bertz CT molecular complexity index is 1210. The second kappa shape index (κ2) is 14.9. The number of carbonyl (C=O) groups excluding carboxylic acids is 4. The van der Waals surface area contributed by atoms with E-state index in [1.807, 2.05) is 60.7 Å². The molecule has 2 amide bonds. The van der Waals surface area contributed by atoms with Crippen LogP contribution in [0.15, 0.2) is 72.4 Å². The molecule has 2 atom stereocenters. The number of nitrogens with one attached hydrogen (secondary N) is 1. The van der Waals surface area contributed by atoms with Crippen LogP contribution in [0.3, 0.4) is 0 Å². The molecule has 220 valence electrons. The van der Waals surface area contributed by atoms with Crippen molar-refractivity contribution in [2.45, 2.75) is 77.4 Å². The van der Waals surface area contributed by atoms with E-state index in [2.05, 4.69) is 5.32 Å². The number of amides is 2. The van der Waals surface area contributed by atoms with Gasteiger partial charge in [0.2, 0.25) is 0 Å². The lowest BCUT2D eigenvalue weighted by Crippen LogP contribution is -2.47. The fourth-order valence-corrected chi connectivity index (χ4v) is 4.42. The number of hydrogen-bond donors (Lipinski definition) is 1. The second-order valence-electron chi connectivity index (χ2n) is 10.6. The zero-order valence-corrected chi connectivity index (χ0v) is 24.0. The summed E-state index contributed by atoms with van der Waals surface area (Å²) in [6.07, 6.45) is 1.76. The first-order valence-corrected chi connectivity index (χ1v) is 13.6. The quantitative estimate of drug-likeness (QED) is 0.235. The van der Waals surface area contributed by atoms with E-state index in [0.29, 0.717) is 25.7 Å². The Morgan fingerprint density at radius 1 is 0.902 bits per heavy atom. The molecule has 0 bridgehead atoms. The summed E-state index contributed by atoms with van der Waals surface area (Å²) in [5, 5.41) is 2.43. The highest BCUT2D eigenvalue weighted by Gasteiger charge is 2.43. The molecule has 2 aromatic rings. The van der Waals surface area contributed by atoms with Crippen molar-refractivity contribution in [3.05, 3.63) is 83.6 Å². The Morgan fingerprint density at radius 3 is 2.05 bits per heavy atom. The lowest BCUT2D eigenvalue weighted by Gasteiger charge is -2.30. The van der Waals surface area contributed by atoms with E-state index in [1.165, 1.54) is 18.1 Å². The average Bonchev–Trinajstić information content (AvgIpc) is 3.38. The summed E-state index contributed by atoms with van der Waals surface area (Å²) in [5.74, 6) is -1.23. The van der Waals surface area contributed by atoms with Gasteiger partial charge >= 0.3 is 24.1 Å². The highest BCUT2D eigenvalue weighted by molar-refractivity contribution is 5.92. The lowest BCUT2D eigenvalue weighted by molar-refractivity contribution is -0.160. The molecular weight excluding hydrogens is 528 g/mol. The van der Waals surface area contributed by atoms with Gasteiger partial charge in [-0.1, -0.05) is 66.7 Å². The molecule has 2 aromatic carbocycles. The van der Waals surface area contributed by atoms with Crippen LogP contribution in [0, 0.1) is 0 Å². The Labute approximate surface area is 240 Å². The maximum absolute atomic E-state index is 13.2. The summed E-state index contributed by atoms with van der Waals surface area (Å²) in [6.45, 7) is 5.41. The van der Waals surface area contributed by atoms with E-state index in [9.17, 15) is 19.2 Å². The Balaban J connectivity index is 1.66. The first-order valence-electron chi connectivity index (χ1n) is 13.6. The maximum Gasteiger partial charge on any atom is 0.412 e. The summed E-state index contributed by atoms with van der Waals surface area (Å²) in [4.78, 5) is 52.3. The minimum atomic E-state index is -0.803. The highest BCUT2D eigenvalue weighted by Crippen LogP contribution is 2.30. The van der Waals surface area contributed by atoms with Crippen LogP contribution in [0.1, 0.15) is 57.6 Å². The van der Waals surface area contributed by atoms with Crippen LogP contribution in [0.4, 0.5) is 9.59 Å². The summed E-state index contributed by atoms with van der Waals surface area (Å²) in [6, 6.07) is 17.2. The maximum atomic E-state index is 13.2. The van der Waals surface area contributed by atoms with Crippen molar-refractivity contribution >= 4 is 24.1 Å². The first kappa shape index (κ1) is 31.2. The van der Waals surface area contributed by atoms with Gasteiger partial charge in [0.1, 0.15) is 30.6 Å². The molecule has 0 unspecified atom stereocenters. The van der Waals surface area contributed by atoms with E-state index >= 15 is 0 Å². The van der Waals surface area contributed by atoms with Crippen molar-refractivity contribution in [1.82, 2.24) is 10.2 Å². The molecular formula is C31H38N2O8. The highest BCUT2D eigenvalue weighted by atomic mass is 16.6. The fourth-order valence-electron chi connectivity index (χ4n) is 4.42. The second-order valence-corrected chi connectivity index (χ2v) is 10.6. The number of hydrogen-bond acceptors (Lipinski definition) is 8. The molecule has 1 heterocycles. The van der Waals surface area contributed by atoms with Crippen LogP contribution in [0.25, 0.3) is 0 Å². The van der Waals surface area contributed by atoms with Gasteiger partial charge in [0.25, 0.3) is 0 Å². The Hall–Kier alpha value is -4.34. The SMILES string of the molecule is COC(=O)/C(=C/CC[C@@H]1CC[C@@H](C(=O)OC(C)(C)C)N1C(=O)OCc1ccccc1)NC(=O)OCc1ccccc1. The summed E-state index contributed by atoms with van der Waals surface area (Å²) in [5.41, 5.74) is 0.825. The molecule has 1 N–H and O–H groups in total. The molecule has 1 aliphatic rings. The molecule has 0 aromatic heterocycles. The first-order chi connectivity index (χ1) is 19.6. The number of benzene rings is 2. The molecule has 10 heteroatoms. The predicted octanol–water partition coefficient (Wildman–Crippen LogP) is 5.26. The van der Waals surface area contributed by atoms with Crippen LogP contribution in [-0.2, 0) is 41.8 Å². The number of allylic oxidation sites excluding steroid dienone is 1. The van der Waals surface area contributed by atoms with Crippen LogP contribution in [0.5, 0.6) is 0 Å². The number of carbonyl (C=O) groups is 4. The normalized spacial score (nSPS) is 17.0. The minimum absolute atomic E-state index is 0.0370. The standard InChI is InChI=1S/C31H38N2O8/c1-31(2,3)41-28(35)26-19-18-24(33(26)30(37)40-21-23-14-9-6-10-15-23)16-11-17-25(27(34)38-4)32-29(36)39-20-22-12-7-5-8-13-22/h5-10,12-15,17,24,26H,11,16,18-21H2,1-4H3,(H,32,36)/b25-17-/t24-,26+/m1/s1. The van der Waals surface area contributed by atoms with Crippen molar-refractivity contribution < 1.29 is 38.1 Å². The zero-order valence-electron chi connectivity index (χ0n) is 24.0. The molecule has 1 aliphatic heterocycles. The van der Waals surface area contributed by atoms with Gasteiger partial charge in [-0.05, 0) is 57.6 Å². The van der Waals surface area contributed by atoms with Crippen molar-refractivity contribution in [2.75, 3.05) is 7.11 Å². The van der Waals surface area contributed by atoms with Crippen LogP contribution in [-0.4, -0.2) is 53.8 Å². The number of methoxy groups -OCH3 is 1. The molecule has 3 rings (SSSR count). The van der Waals surface area contributed by atoms with Gasteiger partial charge in [-0.25, -0.2) is 19.2 Å². The van der Waals surface area contributed by atoms with Crippen LogP contribution >= 0.6 is 0 Å². The molecule has 1 saturated heterocycles. The third kappa shape index (κ3) is 9.97. The van der Waals surface area contributed by atoms with E-state index in [1.54, 1.807) is 20.8 Å². The van der Waals surface area contributed by atoms with E-state index in [-0.39, 0.29) is 25.0 Å². The summed E-state index contributed by atoms with van der Waals surface area (Å²) >= 11 is 0. The average molecular weight is 567 g/mol. The van der Waals surface area contributed by atoms with Gasteiger partial charge in [0.15, 0.2) is 0 Å². The van der Waals surface area contributed by atoms with Gasteiger partial charge in [0, 0.05) is 6.04 Å².